The topological polar surface area (TPSA) is 102 Å². The molecular weight excluding hydrogens is 422 g/mol. The number of ether oxygens (including phenoxy) is 2. The first-order chi connectivity index (χ1) is 14.2. The predicted octanol–water partition coefficient (Wildman–Crippen LogP) is 2.45. The van der Waals surface area contributed by atoms with Gasteiger partial charge in [0.2, 0.25) is 9.84 Å². The molecule has 1 N–H and O–H groups in total. The molecule has 2 aromatic rings. The molecule has 1 fully saturated rings. The summed E-state index contributed by atoms with van der Waals surface area (Å²) in [5, 5.41) is 2.43. The maximum absolute atomic E-state index is 12.9. The van der Waals surface area contributed by atoms with Crippen LogP contribution in [0.1, 0.15) is 10.4 Å². The van der Waals surface area contributed by atoms with Crippen molar-refractivity contribution in [3.8, 4) is 5.75 Å². The number of methoxy groups -OCH3 is 1. The standard InChI is InChI=1S/C19H18F2N2O6S/c1-28-13-6-4-5-12(9-13)23-11-14(29-19(23)25)10-22-17(24)15-7-2-3-8-16(15)30(26,27)18(20)21/h2-9,14,18H,10-11H2,1H3,(H,22,24)/t14-/m0/s1. The summed E-state index contributed by atoms with van der Waals surface area (Å²) in [6.45, 7) is -0.00262. The third kappa shape index (κ3) is 4.35. The van der Waals surface area contributed by atoms with Gasteiger partial charge in [0.1, 0.15) is 11.9 Å². The van der Waals surface area contributed by atoms with E-state index >= 15 is 0 Å². The summed E-state index contributed by atoms with van der Waals surface area (Å²) in [6.07, 6.45) is -1.34. The van der Waals surface area contributed by atoms with Crippen LogP contribution in [0.2, 0.25) is 0 Å². The molecule has 1 saturated heterocycles. The molecule has 0 unspecified atom stereocenters. The Morgan fingerprint density at radius 3 is 2.70 bits per heavy atom. The lowest BCUT2D eigenvalue weighted by Crippen LogP contribution is -2.35. The molecule has 0 aliphatic carbocycles. The molecule has 1 aliphatic heterocycles. The minimum atomic E-state index is -4.95. The highest BCUT2D eigenvalue weighted by Crippen LogP contribution is 2.26. The van der Waals surface area contributed by atoms with Gasteiger partial charge < -0.3 is 14.8 Å². The number of carbonyl (C=O) groups is 2. The Hall–Kier alpha value is -3.21. The first kappa shape index (κ1) is 21.5. The maximum atomic E-state index is 12.9. The van der Waals surface area contributed by atoms with Crippen LogP contribution in [0, 0.1) is 0 Å². The number of nitrogens with zero attached hydrogens (tertiary/aromatic N) is 1. The Kier molecular flexibility index (Phi) is 6.20. The Morgan fingerprint density at radius 1 is 1.27 bits per heavy atom. The number of cyclic esters (lactones) is 1. The van der Waals surface area contributed by atoms with Crippen LogP contribution in [0.15, 0.2) is 53.4 Å². The number of alkyl halides is 2. The Bertz CT molecular complexity index is 1060. The molecule has 0 spiro atoms. The smallest absolute Gasteiger partial charge is 0.414 e. The lowest BCUT2D eigenvalue weighted by Gasteiger charge is -2.14. The van der Waals surface area contributed by atoms with E-state index in [0.717, 1.165) is 12.1 Å². The van der Waals surface area contributed by atoms with E-state index in [0.29, 0.717) is 11.4 Å². The summed E-state index contributed by atoms with van der Waals surface area (Å²) in [5.41, 5.74) is 0.133. The van der Waals surface area contributed by atoms with Crippen molar-refractivity contribution in [2.45, 2.75) is 16.8 Å². The zero-order chi connectivity index (χ0) is 21.9. The predicted molar refractivity (Wildman–Crippen MR) is 103 cm³/mol. The van der Waals surface area contributed by atoms with Crippen LogP contribution in [0.5, 0.6) is 5.75 Å². The molecular formula is C19H18F2N2O6S. The van der Waals surface area contributed by atoms with Crippen LogP contribution in [0.25, 0.3) is 0 Å². The second kappa shape index (κ2) is 8.66. The van der Waals surface area contributed by atoms with E-state index in [1.807, 2.05) is 0 Å². The summed E-state index contributed by atoms with van der Waals surface area (Å²) in [6, 6.07) is 11.4. The molecule has 0 bridgehead atoms. The number of benzene rings is 2. The molecule has 160 valence electrons. The zero-order valence-corrected chi connectivity index (χ0v) is 16.6. The van der Waals surface area contributed by atoms with E-state index in [1.54, 1.807) is 24.3 Å². The quantitative estimate of drug-likeness (QED) is 0.710. The molecule has 2 amide bonds. The van der Waals surface area contributed by atoms with Crippen LogP contribution < -0.4 is 15.0 Å². The first-order valence-corrected chi connectivity index (χ1v) is 10.3. The van der Waals surface area contributed by atoms with Gasteiger partial charge in [-0.25, -0.2) is 13.2 Å². The summed E-state index contributed by atoms with van der Waals surface area (Å²) >= 11 is 0. The van der Waals surface area contributed by atoms with Crippen LogP contribution in [0.3, 0.4) is 0 Å². The summed E-state index contributed by atoms with van der Waals surface area (Å²) in [4.78, 5) is 25.2. The van der Waals surface area contributed by atoms with E-state index in [-0.39, 0.29) is 13.1 Å². The van der Waals surface area contributed by atoms with E-state index in [9.17, 15) is 26.8 Å². The molecule has 3 rings (SSSR count). The second-order valence-electron chi connectivity index (χ2n) is 6.33. The number of rotatable bonds is 7. The van der Waals surface area contributed by atoms with Crippen molar-refractivity contribution in [2.24, 2.45) is 0 Å². The first-order valence-electron chi connectivity index (χ1n) is 8.75. The van der Waals surface area contributed by atoms with E-state index < -0.39 is 44.2 Å². The average molecular weight is 440 g/mol. The molecule has 2 aromatic carbocycles. The summed E-state index contributed by atoms with van der Waals surface area (Å²) in [7, 11) is -3.46. The Labute approximate surface area is 171 Å². The fourth-order valence-corrected chi connectivity index (χ4v) is 3.84. The van der Waals surface area contributed by atoms with Gasteiger partial charge in [0.25, 0.3) is 5.91 Å². The van der Waals surface area contributed by atoms with Gasteiger partial charge in [-0.15, -0.1) is 0 Å². The third-order valence-corrected chi connectivity index (χ3v) is 5.84. The molecule has 0 saturated carbocycles. The molecule has 30 heavy (non-hydrogen) atoms. The fourth-order valence-electron chi connectivity index (χ4n) is 2.92. The van der Waals surface area contributed by atoms with E-state index in [1.165, 1.54) is 24.1 Å². The van der Waals surface area contributed by atoms with E-state index in [2.05, 4.69) is 5.32 Å². The minimum absolute atomic E-state index is 0.128. The number of anilines is 1. The van der Waals surface area contributed by atoms with Crippen molar-refractivity contribution in [1.29, 1.82) is 0 Å². The fraction of sp³-hybridized carbons (Fsp3) is 0.263. The van der Waals surface area contributed by atoms with Crippen molar-refractivity contribution in [3.63, 3.8) is 0 Å². The number of hydrogen-bond acceptors (Lipinski definition) is 6. The van der Waals surface area contributed by atoms with Gasteiger partial charge in [-0.1, -0.05) is 18.2 Å². The number of amides is 2. The SMILES string of the molecule is COc1cccc(N2C[C@H](CNC(=O)c3ccccc3S(=O)(=O)C(F)F)OC2=O)c1. The van der Waals surface area contributed by atoms with Gasteiger partial charge in [-0.2, -0.15) is 8.78 Å². The largest absolute Gasteiger partial charge is 0.497 e. The normalized spacial score (nSPS) is 16.5. The van der Waals surface area contributed by atoms with Gasteiger partial charge in [-0.3, -0.25) is 9.69 Å². The maximum Gasteiger partial charge on any atom is 0.414 e. The van der Waals surface area contributed by atoms with Crippen molar-refractivity contribution in [2.75, 3.05) is 25.1 Å². The van der Waals surface area contributed by atoms with Gasteiger partial charge in [-0.05, 0) is 24.3 Å². The molecule has 1 aliphatic rings. The highest BCUT2D eigenvalue weighted by molar-refractivity contribution is 7.91. The van der Waals surface area contributed by atoms with Crippen molar-refractivity contribution in [1.82, 2.24) is 5.32 Å². The van der Waals surface area contributed by atoms with Crippen LogP contribution in [0.4, 0.5) is 19.3 Å². The number of hydrogen-bond donors (Lipinski definition) is 1. The average Bonchev–Trinajstić information content (AvgIpc) is 3.12. The van der Waals surface area contributed by atoms with Gasteiger partial charge in [0.05, 0.1) is 36.3 Å². The molecule has 8 nitrogen and oxygen atoms in total. The van der Waals surface area contributed by atoms with Crippen molar-refractivity contribution in [3.05, 3.63) is 54.1 Å². The zero-order valence-electron chi connectivity index (χ0n) is 15.7. The van der Waals surface area contributed by atoms with Gasteiger partial charge in [0.15, 0.2) is 0 Å². The monoisotopic (exact) mass is 440 g/mol. The minimum Gasteiger partial charge on any atom is -0.497 e. The summed E-state index contributed by atoms with van der Waals surface area (Å²) < 4.78 is 59.7. The summed E-state index contributed by atoms with van der Waals surface area (Å²) in [5.74, 6) is -3.97. The lowest BCUT2D eigenvalue weighted by atomic mass is 10.2. The highest BCUT2D eigenvalue weighted by Gasteiger charge is 2.34. The van der Waals surface area contributed by atoms with Crippen molar-refractivity contribution < 1.29 is 36.3 Å². The molecule has 1 heterocycles. The third-order valence-electron chi connectivity index (χ3n) is 4.40. The van der Waals surface area contributed by atoms with Crippen LogP contribution in [-0.2, 0) is 14.6 Å². The molecule has 0 aromatic heterocycles. The Balaban J connectivity index is 1.69. The molecule has 1 atom stereocenters. The Morgan fingerprint density at radius 2 is 2.00 bits per heavy atom. The molecule has 11 heteroatoms. The number of carbonyl (C=O) groups excluding carboxylic acids is 2. The number of sulfone groups is 1. The van der Waals surface area contributed by atoms with Gasteiger partial charge >= 0.3 is 11.9 Å². The lowest BCUT2D eigenvalue weighted by molar-refractivity contribution is 0.0913. The van der Waals surface area contributed by atoms with Crippen LogP contribution >= 0.6 is 0 Å². The molecule has 0 radical (unpaired) electrons. The second-order valence-corrected chi connectivity index (χ2v) is 8.22. The number of nitrogens with one attached hydrogen (secondary N) is 1. The number of halogens is 2. The highest BCUT2D eigenvalue weighted by atomic mass is 32.2. The van der Waals surface area contributed by atoms with Crippen molar-refractivity contribution >= 4 is 27.5 Å². The van der Waals surface area contributed by atoms with Crippen LogP contribution in [-0.4, -0.2) is 52.5 Å². The van der Waals surface area contributed by atoms with E-state index in [4.69, 9.17) is 9.47 Å². The van der Waals surface area contributed by atoms with Gasteiger partial charge in [0, 0.05) is 6.07 Å².